The summed E-state index contributed by atoms with van der Waals surface area (Å²) in [6, 6.07) is 3.84. The summed E-state index contributed by atoms with van der Waals surface area (Å²) >= 11 is 1.55. The van der Waals surface area contributed by atoms with Crippen LogP contribution < -0.4 is 5.32 Å². The van der Waals surface area contributed by atoms with Crippen molar-refractivity contribution in [1.82, 2.24) is 10.2 Å². The Morgan fingerprint density at radius 1 is 1.59 bits per heavy atom. The van der Waals surface area contributed by atoms with E-state index in [1.807, 2.05) is 29.3 Å². The number of nitrogens with zero attached hydrogens (tertiary/aromatic N) is 1. The molecule has 0 saturated carbocycles. The fourth-order valence-electron chi connectivity index (χ4n) is 3.12. The molecule has 3 heterocycles. The highest BCUT2D eigenvalue weighted by atomic mass is 32.1. The van der Waals surface area contributed by atoms with Crippen molar-refractivity contribution in [3.63, 3.8) is 0 Å². The van der Waals surface area contributed by atoms with Crippen LogP contribution in [0.3, 0.4) is 0 Å². The molecule has 22 heavy (non-hydrogen) atoms. The fraction of sp³-hybridized carbons (Fsp3) is 0.688. The highest BCUT2D eigenvalue weighted by Crippen LogP contribution is 2.28. The van der Waals surface area contributed by atoms with Gasteiger partial charge >= 0.3 is 0 Å². The summed E-state index contributed by atoms with van der Waals surface area (Å²) in [5.41, 5.74) is 0. The van der Waals surface area contributed by atoms with Crippen molar-refractivity contribution in [3.05, 3.63) is 22.4 Å². The van der Waals surface area contributed by atoms with E-state index in [1.165, 1.54) is 0 Å². The topological polar surface area (TPSA) is 61.8 Å². The Morgan fingerprint density at radius 3 is 3.05 bits per heavy atom. The molecule has 2 N–H and O–H groups in total. The molecule has 2 aliphatic rings. The summed E-state index contributed by atoms with van der Waals surface area (Å²) in [5, 5.41) is 15.6. The van der Waals surface area contributed by atoms with Gasteiger partial charge in [0.15, 0.2) is 0 Å². The molecule has 1 amide bonds. The quantitative estimate of drug-likeness (QED) is 0.856. The van der Waals surface area contributed by atoms with E-state index in [-0.39, 0.29) is 17.9 Å². The predicted octanol–water partition coefficient (Wildman–Crippen LogP) is 1.25. The van der Waals surface area contributed by atoms with E-state index < -0.39 is 6.10 Å². The molecule has 3 atom stereocenters. The van der Waals surface area contributed by atoms with E-state index in [2.05, 4.69) is 5.32 Å². The zero-order valence-corrected chi connectivity index (χ0v) is 13.7. The molecule has 122 valence electrons. The summed E-state index contributed by atoms with van der Waals surface area (Å²) in [6.07, 6.45) is 0.0182. The second-order valence-electron chi connectivity index (χ2n) is 6.23. The standard InChI is InChI=1S/C16H24N2O3S/c1-11(12-8-17-9-12)16(20)18-4-5-21-10-13(18)7-14(19)15-3-2-6-22-15/h2-3,6,11-14,17,19H,4-5,7-10H2,1H3. The highest BCUT2D eigenvalue weighted by molar-refractivity contribution is 7.10. The third-order valence-corrected chi connectivity index (χ3v) is 5.76. The van der Waals surface area contributed by atoms with E-state index >= 15 is 0 Å². The monoisotopic (exact) mass is 324 g/mol. The van der Waals surface area contributed by atoms with Crippen LogP contribution in [0, 0.1) is 11.8 Å². The van der Waals surface area contributed by atoms with Gasteiger partial charge in [0, 0.05) is 23.8 Å². The molecule has 1 aromatic heterocycles. The number of morpholine rings is 1. The molecule has 1 aromatic rings. The second-order valence-corrected chi connectivity index (χ2v) is 7.21. The number of thiophene rings is 1. The minimum absolute atomic E-state index is 0.0335. The molecule has 2 aliphatic heterocycles. The van der Waals surface area contributed by atoms with Crippen LogP contribution in [0.2, 0.25) is 0 Å². The lowest BCUT2D eigenvalue weighted by Gasteiger charge is -2.41. The lowest BCUT2D eigenvalue weighted by molar-refractivity contribution is -0.147. The maximum absolute atomic E-state index is 12.8. The smallest absolute Gasteiger partial charge is 0.226 e. The Morgan fingerprint density at radius 2 is 2.41 bits per heavy atom. The first kappa shape index (κ1) is 15.9. The van der Waals surface area contributed by atoms with Crippen molar-refractivity contribution in [2.24, 2.45) is 11.8 Å². The van der Waals surface area contributed by atoms with Gasteiger partial charge in [-0.15, -0.1) is 11.3 Å². The number of ether oxygens (including phenoxy) is 1. The van der Waals surface area contributed by atoms with Crippen LogP contribution in [0.1, 0.15) is 24.3 Å². The van der Waals surface area contributed by atoms with Gasteiger partial charge in [-0.05, 0) is 30.5 Å². The van der Waals surface area contributed by atoms with Crippen molar-refractivity contribution in [2.45, 2.75) is 25.5 Å². The van der Waals surface area contributed by atoms with Crippen LogP contribution in [0.4, 0.5) is 0 Å². The van der Waals surface area contributed by atoms with Gasteiger partial charge in [0.05, 0.1) is 25.4 Å². The van der Waals surface area contributed by atoms with E-state index in [1.54, 1.807) is 11.3 Å². The highest BCUT2D eigenvalue weighted by Gasteiger charge is 2.36. The molecule has 0 aromatic carbocycles. The molecule has 3 unspecified atom stereocenters. The van der Waals surface area contributed by atoms with Crippen LogP contribution in [0.15, 0.2) is 17.5 Å². The molecule has 0 radical (unpaired) electrons. The average molecular weight is 324 g/mol. The van der Waals surface area contributed by atoms with Gasteiger partial charge in [0.25, 0.3) is 0 Å². The van der Waals surface area contributed by atoms with Crippen LogP contribution in [-0.2, 0) is 9.53 Å². The number of carbonyl (C=O) groups is 1. The number of aliphatic hydroxyl groups excluding tert-OH is 1. The third-order valence-electron chi connectivity index (χ3n) is 4.79. The van der Waals surface area contributed by atoms with Gasteiger partial charge < -0.3 is 20.1 Å². The van der Waals surface area contributed by atoms with Crippen LogP contribution in [0.25, 0.3) is 0 Å². The molecular weight excluding hydrogens is 300 g/mol. The van der Waals surface area contributed by atoms with Crippen LogP contribution in [0.5, 0.6) is 0 Å². The van der Waals surface area contributed by atoms with Crippen molar-refractivity contribution in [1.29, 1.82) is 0 Å². The largest absolute Gasteiger partial charge is 0.387 e. The number of hydrogen-bond acceptors (Lipinski definition) is 5. The number of nitrogens with one attached hydrogen (secondary N) is 1. The Bertz CT molecular complexity index is 490. The Kier molecular flexibility index (Phi) is 5.13. The SMILES string of the molecule is CC(C(=O)N1CCOCC1CC(O)c1cccs1)C1CNC1. The van der Waals surface area contributed by atoms with Gasteiger partial charge in [0.2, 0.25) is 5.91 Å². The maximum Gasteiger partial charge on any atom is 0.226 e. The zero-order valence-electron chi connectivity index (χ0n) is 12.9. The average Bonchev–Trinajstić information content (AvgIpc) is 2.99. The number of amides is 1. The van der Waals surface area contributed by atoms with E-state index in [0.29, 0.717) is 32.1 Å². The molecule has 3 rings (SSSR count). The van der Waals surface area contributed by atoms with Crippen molar-refractivity contribution in [2.75, 3.05) is 32.8 Å². The summed E-state index contributed by atoms with van der Waals surface area (Å²) < 4.78 is 5.55. The van der Waals surface area contributed by atoms with Crippen LogP contribution >= 0.6 is 11.3 Å². The van der Waals surface area contributed by atoms with Gasteiger partial charge in [-0.3, -0.25) is 4.79 Å². The van der Waals surface area contributed by atoms with Crippen molar-refractivity contribution >= 4 is 17.2 Å². The molecule has 0 bridgehead atoms. The first-order chi connectivity index (χ1) is 10.7. The molecule has 2 fully saturated rings. The maximum atomic E-state index is 12.8. The number of hydrogen-bond donors (Lipinski definition) is 2. The summed E-state index contributed by atoms with van der Waals surface area (Å²) in [4.78, 5) is 15.7. The molecular formula is C16H24N2O3S. The normalized spacial score (nSPS) is 25.5. The first-order valence-corrected chi connectivity index (χ1v) is 8.85. The summed E-state index contributed by atoms with van der Waals surface area (Å²) in [5.74, 6) is 0.692. The predicted molar refractivity (Wildman–Crippen MR) is 85.7 cm³/mol. The van der Waals surface area contributed by atoms with Crippen LogP contribution in [-0.4, -0.2) is 54.8 Å². The minimum Gasteiger partial charge on any atom is -0.387 e. The van der Waals surface area contributed by atoms with E-state index in [9.17, 15) is 9.90 Å². The fourth-order valence-corrected chi connectivity index (χ4v) is 3.85. The van der Waals surface area contributed by atoms with Gasteiger partial charge in [-0.1, -0.05) is 13.0 Å². The number of carbonyl (C=O) groups excluding carboxylic acids is 1. The Balaban J connectivity index is 1.64. The number of aliphatic hydroxyl groups is 1. The summed E-state index contributed by atoms with van der Waals surface area (Å²) in [6.45, 7) is 5.62. The molecule has 2 saturated heterocycles. The van der Waals surface area contributed by atoms with E-state index in [0.717, 1.165) is 18.0 Å². The van der Waals surface area contributed by atoms with Gasteiger partial charge in [-0.2, -0.15) is 0 Å². The molecule has 6 heteroatoms. The molecule has 0 spiro atoms. The van der Waals surface area contributed by atoms with Crippen molar-refractivity contribution in [3.8, 4) is 0 Å². The summed E-state index contributed by atoms with van der Waals surface area (Å²) in [7, 11) is 0. The zero-order chi connectivity index (χ0) is 15.5. The lowest BCUT2D eigenvalue weighted by Crippen LogP contribution is -2.55. The Labute approximate surface area is 135 Å². The van der Waals surface area contributed by atoms with Gasteiger partial charge in [-0.25, -0.2) is 0 Å². The van der Waals surface area contributed by atoms with Gasteiger partial charge in [0.1, 0.15) is 0 Å². The Hall–Kier alpha value is -0.950. The van der Waals surface area contributed by atoms with Crippen molar-refractivity contribution < 1.29 is 14.6 Å². The molecule has 5 nitrogen and oxygen atoms in total. The third kappa shape index (κ3) is 3.35. The second kappa shape index (κ2) is 7.08. The first-order valence-electron chi connectivity index (χ1n) is 7.97. The van der Waals surface area contributed by atoms with E-state index in [4.69, 9.17) is 4.74 Å². The number of rotatable bonds is 5. The molecule has 0 aliphatic carbocycles. The minimum atomic E-state index is -0.525. The lowest BCUT2D eigenvalue weighted by atomic mass is 9.87.